The molecule has 216 valence electrons. The van der Waals surface area contributed by atoms with Crippen molar-refractivity contribution in [3.05, 3.63) is 152 Å². The van der Waals surface area contributed by atoms with Crippen LogP contribution in [0.1, 0.15) is 25.0 Å². The van der Waals surface area contributed by atoms with Crippen LogP contribution in [0.4, 0.5) is 0 Å². The summed E-state index contributed by atoms with van der Waals surface area (Å²) in [6.07, 6.45) is 13.6. The SMILES string of the molecule is CC1C=CC=CC(c2cccc(-c3cc(-c4cccc(-n5c6ccccc6c6cnccc65)c4)nc(-c4ccccc4)n3)n2)C1. The molecular weight excluding hydrogens is 550 g/mol. The molecular formula is C40H31N5. The number of aromatic nitrogens is 5. The fourth-order valence-electron chi connectivity index (χ4n) is 6.37. The highest BCUT2D eigenvalue weighted by Gasteiger charge is 2.18. The number of fused-ring (bicyclic) bond motifs is 3. The van der Waals surface area contributed by atoms with Crippen LogP contribution in [0.5, 0.6) is 0 Å². The quantitative estimate of drug-likeness (QED) is 0.203. The molecule has 0 spiro atoms. The van der Waals surface area contributed by atoms with E-state index in [4.69, 9.17) is 15.0 Å². The number of hydrogen-bond acceptors (Lipinski definition) is 4. The summed E-state index contributed by atoms with van der Waals surface area (Å²) in [5.74, 6) is 1.42. The largest absolute Gasteiger partial charge is 0.309 e. The van der Waals surface area contributed by atoms with E-state index in [1.165, 1.54) is 5.39 Å². The van der Waals surface area contributed by atoms with Gasteiger partial charge < -0.3 is 4.57 Å². The second-order valence-electron chi connectivity index (χ2n) is 11.7. The van der Waals surface area contributed by atoms with Crippen LogP contribution in [0.3, 0.4) is 0 Å². The van der Waals surface area contributed by atoms with Crippen molar-refractivity contribution in [3.63, 3.8) is 0 Å². The zero-order valence-corrected chi connectivity index (χ0v) is 25.0. The number of rotatable bonds is 5. The zero-order chi connectivity index (χ0) is 30.2. The van der Waals surface area contributed by atoms with Crippen LogP contribution < -0.4 is 0 Å². The summed E-state index contributed by atoms with van der Waals surface area (Å²) < 4.78 is 2.30. The van der Waals surface area contributed by atoms with Crippen LogP contribution in [0.2, 0.25) is 0 Å². The lowest BCUT2D eigenvalue weighted by Gasteiger charge is -2.15. The second kappa shape index (κ2) is 11.4. The average Bonchev–Trinajstić information content (AvgIpc) is 3.28. The maximum absolute atomic E-state index is 5.16. The van der Waals surface area contributed by atoms with Gasteiger partial charge in [-0.1, -0.05) is 98.0 Å². The van der Waals surface area contributed by atoms with Gasteiger partial charge in [0.2, 0.25) is 0 Å². The maximum atomic E-state index is 5.16. The molecule has 1 aliphatic rings. The minimum Gasteiger partial charge on any atom is -0.309 e. The molecule has 2 atom stereocenters. The van der Waals surface area contributed by atoms with Gasteiger partial charge in [-0.15, -0.1) is 0 Å². The van der Waals surface area contributed by atoms with Crippen LogP contribution in [-0.4, -0.2) is 24.5 Å². The van der Waals surface area contributed by atoms with Crippen molar-refractivity contribution in [3.8, 4) is 39.7 Å². The van der Waals surface area contributed by atoms with E-state index in [2.05, 4.69) is 132 Å². The molecule has 0 amide bonds. The summed E-state index contributed by atoms with van der Waals surface area (Å²) in [7, 11) is 0. The Hall–Kier alpha value is -5.68. The first-order chi connectivity index (χ1) is 22.2. The van der Waals surface area contributed by atoms with Crippen molar-refractivity contribution >= 4 is 21.8 Å². The molecule has 0 N–H and O–H groups in total. The Morgan fingerprint density at radius 1 is 0.622 bits per heavy atom. The van der Waals surface area contributed by atoms with Crippen LogP contribution >= 0.6 is 0 Å². The Morgan fingerprint density at radius 2 is 1.40 bits per heavy atom. The van der Waals surface area contributed by atoms with E-state index in [0.717, 1.165) is 62.4 Å². The van der Waals surface area contributed by atoms with E-state index < -0.39 is 0 Å². The van der Waals surface area contributed by atoms with E-state index in [0.29, 0.717) is 11.7 Å². The standard InChI is InChI=1S/C40H31N5/c1-27-11-5-6-14-29(23-27)34-18-10-19-35(42-34)37-25-36(43-40(44-37)28-12-3-2-4-13-28)30-15-9-16-31(24-30)45-38-20-8-7-17-32(38)33-26-41-22-21-39(33)45/h2-22,24-27,29H,23H2,1H3. The van der Waals surface area contributed by atoms with Crippen molar-refractivity contribution in [2.75, 3.05) is 0 Å². The minimum absolute atomic E-state index is 0.253. The Balaban J connectivity index is 1.27. The molecule has 0 radical (unpaired) electrons. The van der Waals surface area contributed by atoms with Crippen LogP contribution in [0.15, 0.2) is 146 Å². The molecule has 0 fully saturated rings. The fraction of sp³-hybridized carbons (Fsp3) is 0.100. The average molecular weight is 582 g/mol. The van der Waals surface area contributed by atoms with Crippen molar-refractivity contribution in [2.24, 2.45) is 5.92 Å². The first-order valence-corrected chi connectivity index (χ1v) is 15.4. The number of pyridine rings is 2. The highest BCUT2D eigenvalue weighted by Crippen LogP contribution is 2.34. The lowest BCUT2D eigenvalue weighted by atomic mass is 9.93. The van der Waals surface area contributed by atoms with E-state index >= 15 is 0 Å². The van der Waals surface area contributed by atoms with Crippen molar-refractivity contribution < 1.29 is 0 Å². The molecule has 8 rings (SSSR count). The summed E-state index contributed by atoms with van der Waals surface area (Å²) in [5.41, 5.74) is 8.86. The second-order valence-corrected chi connectivity index (χ2v) is 11.7. The summed E-state index contributed by atoms with van der Waals surface area (Å²) in [6, 6.07) is 37.7. The van der Waals surface area contributed by atoms with E-state index in [9.17, 15) is 0 Å². The molecule has 0 saturated heterocycles. The van der Waals surface area contributed by atoms with Crippen LogP contribution in [0, 0.1) is 5.92 Å². The summed E-state index contributed by atoms with van der Waals surface area (Å²) in [4.78, 5) is 19.7. The lowest BCUT2D eigenvalue weighted by molar-refractivity contribution is 0.596. The topological polar surface area (TPSA) is 56.5 Å². The van der Waals surface area contributed by atoms with Crippen LogP contribution in [0.25, 0.3) is 61.5 Å². The van der Waals surface area contributed by atoms with Gasteiger partial charge >= 0.3 is 0 Å². The van der Waals surface area contributed by atoms with Crippen LogP contribution in [-0.2, 0) is 0 Å². The van der Waals surface area contributed by atoms with Crippen molar-refractivity contribution in [1.82, 2.24) is 24.5 Å². The third kappa shape index (κ3) is 5.12. The minimum atomic E-state index is 0.253. The Kier molecular flexibility index (Phi) is 6.84. The van der Waals surface area contributed by atoms with Gasteiger partial charge in [-0.2, -0.15) is 0 Å². The molecule has 2 unspecified atom stereocenters. The number of nitrogens with zero attached hydrogens (tertiary/aromatic N) is 5. The van der Waals surface area contributed by atoms with Crippen molar-refractivity contribution in [2.45, 2.75) is 19.3 Å². The third-order valence-electron chi connectivity index (χ3n) is 8.57. The van der Waals surface area contributed by atoms with Gasteiger partial charge in [0.25, 0.3) is 0 Å². The lowest BCUT2D eigenvalue weighted by Crippen LogP contribution is -2.04. The summed E-state index contributed by atoms with van der Waals surface area (Å²) >= 11 is 0. The van der Waals surface area contributed by atoms with Gasteiger partial charge in [0.1, 0.15) is 0 Å². The van der Waals surface area contributed by atoms with Gasteiger partial charge in [0.05, 0.1) is 28.1 Å². The van der Waals surface area contributed by atoms with Gasteiger partial charge in [-0.25, -0.2) is 9.97 Å². The van der Waals surface area contributed by atoms with Gasteiger partial charge in [0.15, 0.2) is 5.82 Å². The number of para-hydroxylation sites is 1. The summed E-state index contributed by atoms with van der Waals surface area (Å²) in [5, 5.41) is 2.31. The monoisotopic (exact) mass is 581 g/mol. The van der Waals surface area contributed by atoms with Gasteiger partial charge in [0, 0.05) is 51.6 Å². The molecule has 1 aliphatic carbocycles. The van der Waals surface area contributed by atoms with Gasteiger partial charge in [-0.3, -0.25) is 9.97 Å². The van der Waals surface area contributed by atoms with E-state index in [1.807, 2.05) is 30.6 Å². The predicted octanol–water partition coefficient (Wildman–Crippen LogP) is 9.60. The molecule has 3 aromatic carbocycles. The summed E-state index contributed by atoms with van der Waals surface area (Å²) in [6.45, 7) is 2.26. The highest BCUT2D eigenvalue weighted by molar-refractivity contribution is 6.08. The Morgan fingerprint density at radius 3 is 2.33 bits per heavy atom. The number of allylic oxidation sites excluding steroid dienone is 4. The first kappa shape index (κ1) is 26.9. The Labute approximate surface area is 262 Å². The first-order valence-electron chi connectivity index (χ1n) is 15.4. The molecule has 0 saturated carbocycles. The predicted molar refractivity (Wildman–Crippen MR) is 183 cm³/mol. The molecule has 0 bridgehead atoms. The third-order valence-corrected chi connectivity index (χ3v) is 8.57. The van der Waals surface area contributed by atoms with Crippen molar-refractivity contribution in [1.29, 1.82) is 0 Å². The van der Waals surface area contributed by atoms with E-state index in [-0.39, 0.29) is 5.92 Å². The Bertz CT molecular complexity index is 2170. The number of hydrogen-bond donors (Lipinski definition) is 0. The number of benzene rings is 3. The molecule has 5 nitrogen and oxygen atoms in total. The van der Waals surface area contributed by atoms with E-state index in [1.54, 1.807) is 0 Å². The fourth-order valence-corrected chi connectivity index (χ4v) is 6.37. The molecule has 0 aliphatic heterocycles. The molecule has 4 heterocycles. The molecule has 45 heavy (non-hydrogen) atoms. The molecule has 7 aromatic rings. The maximum Gasteiger partial charge on any atom is 0.160 e. The normalized spacial score (nSPS) is 16.3. The molecule has 5 heteroatoms. The zero-order valence-electron chi connectivity index (χ0n) is 25.0. The van der Waals surface area contributed by atoms with Gasteiger partial charge in [-0.05, 0) is 54.8 Å². The highest BCUT2D eigenvalue weighted by atomic mass is 15.0. The molecule has 4 aromatic heterocycles. The smallest absolute Gasteiger partial charge is 0.160 e.